The molecular weight excluding hydrogens is 579 g/mol. The van der Waals surface area contributed by atoms with Crippen molar-refractivity contribution in [2.24, 2.45) is 0 Å². The SMILES string of the molecule is CC1(C)c2ccccc2-c2ccc(N(c3ccccc3)c3ccc4c(c3)oc3ccc5c(sc6ccc7ccccc7c65)c34)cc21. The van der Waals surface area contributed by atoms with E-state index >= 15 is 0 Å². The Kier molecular flexibility index (Phi) is 5.25. The molecule has 7 aromatic carbocycles. The first kappa shape index (κ1) is 25.9. The molecule has 0 spiro atoms. The number of para-hydroxylation sites is 1. The first-order valence-electron chi connectivity index (χ1n) is 15.9. The minimum absolute atomic E-state index is 0.0755. The Bertz CT molecular complexity index is 2680. The zero-order chi connectivity index (χ0) is 30.6. The van der Waals surface area contributed by atoms with Crippen LogP contribution < -0.4 is 4.90 Å². The number of hydrogen-bond acceptors (Lipinski definition) is 3. The van der Waals surface area contributed by atoms with Gasteiger partial charge in [0.05, 0.1) is 0 Å². The minimum atomic E-state index is -0.0755. The second-order valence-electron chi connectivity index (χ2n) is 12.9. The number of fused-ring (bicyclic) bond motifs is 12. The van der Waals surface area contributed by atoms with Crippen LogP contribution in [-0.4, -0.2) is 0 Å². The van der Waals surface area contributed by atoms with E-state index in [9.17, 15) is 0 Å². The standard InChI is InChI=1S/C43H29NOS/c1-43(2)35-15-9-8-14-31(35)32-19-17-28(24-36(32)43)44(27-11-4-3-5-12-27)29-18-20-33-38(25-29)45-37-22-21-34-40-30-13-7-6-10-26(30)16-23-39(40)46-42(34)41(33)37/h3-25H,1-2H3. The summed E-state index contributed by atoms with van der Waals surface area (Å²) in [5.74, 6) is 0. The Labute approximate surface area is 270 Å². The molecule has 218 valence electrons. The summed E-state index contributed by atoms with van der Waals surface area (Å²) in [6, 6.07) is 50.7. The molecule has 2 nitrogen and oxygen atoms in total. The molecule has 9 aromatic rings. The topological polar surface area (TPSA) is 16.4 Å². The lowest BCUT2D eigenvalue weighted by Crippen LogP contribution is -2.16. The van der Waals surface area contributed by atoms with E-state index < -0.39 is 0 Å². The Morgan fingerprint density at radius 1 is 0.522 bits per heavy atom. The number of anilines is 3. The molecule has 0 fully saturated rings. The first-order valence-corrected chi connectivity index (χ1v) is 16.7. The van der Waals surface area contributed by atoms with E-state index in [-0.39, 0.29) is 5.41 Å². The average molecular weight is 608 g/mol. The lowest BCUT2D eigenvalue weighted by molar-refractivity contribution is 0.660. The Morgan fingerprint density at radius 2 is 1.26 bits per heavy atom. The van der Waals surface area contributed by atoms with Crippen LogP contribution in [-0.2, 0) is 5.41 Å². The smallest absolute Gasteiger partial charge is 0.137 e. The minimum Gasteiger partial charge on any atom is -0.456 e. The molecule has 0 radical (unpaired) electrons. The second-order valence-corrected chi connectivity index (χ2v) is 14.0. The maximum absolute atomic E-state index is 6.64. The number of benzene rings is 7. The predicted molar refractivity (Wildman–Crippen MR) is 196 cm³/mol. The van der Waals surface area contributed by atoms with Gasteiger partial charge in [0.2, 0.25) is 0 Å². The van der Waals surface area contributed by atoms with Crippen LogP contribution in [0.4, 0.5) is 17.1 Å². The quantitative estimate of drug-likeness (QED) is 0.199. The molecule has 2 heterocycles. The van der Waals surface area contributed by atoms with Gasteiger partial charge in [0, 0.05) is 59.5 Å². The van der Waals surface area contributed by atoms with Crippen molar-refractivity contribution in [3.8, 4) is 11.1 Å². The van der Waals surface area contributed by atoms with Gasteiger partial charge in [-0.25, -0.2) is 0 Å². The third kappa shape index (κ3) is 3.52. The van der Waals surface area contributed by atoms with Crippen molar-refractivity contribution in [2.45, 2.75) is 19.3 Å². The largest absolute Gasteiger partial charge is 0.456 e. The molecule has 0 unspecified atom stereocenters. The van der Waals surface area contributed by atoms with Gasteiger partial charge in [0.15, 0.2) is 0 Å². The summed E-state index contributed by atoms with van der Waals surface area (Å²) < 4.78 is 9.23. The van der Waals surface area contributed by atoms with Gasteiger partial charge >= 0.3 is 0 Å². The van der Waals surface area contributed by atoms with E-state index in [4.69, 9.17) is 4.42 Å². The zero-order valence-corrected chi connectivity index (χ0v) is 26.4. The summed E-state index contributed by atoms with van der Waals surface area (Å²) in [7, 11) is 0. The summed E-state index contributed by atoms with van der Waals surface area (Å²) in [6.07, 6.45) is 0. The molecule has 0 N–H and O–H groups in total. The van der Waals surface area contributed by atoms with Crippen molar-refractivity contribution in [1.82, 2.24) is 0 Å². The van der Waals surface area contributed by atoms with E-state index in [0.717, 1.165) is 33.6 Å². The van der Waals surface area contributed by atoms with Crippen LogP contribution in [0.2, 0.25) is 0 Å². The van der Waals surface area contributed by atoms with Crippen LogP contribution in [0.25, 0.3) is 64.0 Å². The van der Waals surface area contributed by atoms with Crippen LogP contribution in [0, 0.1) is 0 Å². The van der Waals surface area contributed by atoms with Crippen LogP contribution in [0.15, 0.2) is 144 Å². The van der Waals surface area contributed by atoms with Gasteiger partial charge in [-0.05, 0) is 87.6 Å². The molecule has 0 saturated heterocycles. The molecule has 0 atom stereocenters. The van der Waals surface area contributed by atoms with E-state index in [1.54, 1.807) is 0 Å². The highest BCUT2D eigenvalue weighted by Gasteiger charge is 2.35. The van der Waals surface area contributed by atoms with Crippen LogP contribution in [0.5, 0.6) is 0 Å². The third-order valence-corrected chi connectivity index (χ3v) is 11.2. The van der Waals surface area contributed by atoms with E-state index in [2.05, 4.69) is 158 Å². The molecule has 1 aliphatic carbocycles. The Morgan fingerprint density at radius 3 is 2.17 bits per heavy atom. The van der Waals surface area contributed by atoms with Crippen LogP contribution in [0.1, 0.15) is 25.0 Å². The summed E-state index contributed by atoms with van der Waals surface area (Å²) in [6.45, 7) is 4.68. The summed E-state index contributed by atoms with van der Waals surface area (Å²) in [5, 5.41) is 7.56. The molecule has 10 rings (SSSR count). The van der Waals surface area contributed by atoms with Gasteiger partial charge in [-0.1, -0.05) is 92.7 Å². The lowest BCUT2D eigenvalue weighted by atomic mass is 9.82. The van der Waals surface area contributed by atoms with Crippen LogP contribution >= 0.6 is 11.3 Å². The molecule has 2 aromatic heterocycles. The van der Waals surface area contributed by atoms with E-state index in [1.165, 1.54) is 58.6 Å². The van der Waals surface area contributed by atoms with E-state index in [0.29, 0.717) is 0 Å². The van der Waals surface area contributed by atoms with E-state index in [1.807, 2.05) is 11.3 Å². The van der Waals surface area contributed by atoms with Gasteiger partial charge in [0.1, 0.15) is 11.2 Å². The molecule has 46 heavy (non-hydrogen) atoms. The molecule has 3 heteroatoms. The van der Waals surface area contributed by atoms with Crippen molar-refractivity contribution < 1.29 is 4.42 Å². The summed E-state index contributed by atoms with van der Waals surface area (Å²) in [5.41, 5.74) is 10.5. The highest BCUT2D eigenvalue weighted by atomic mass is 32.1. The zero-order valence-electron chi connectivity index (χ0n) is 25.5. The average Bonchev–Trinajstić information content (AvgIpc) is 3.73. The van der Waals surface area contributed by atoms with Crippen molar-refractivity contribution in [3.63, 3.8) is 0 Å². The van der Waals surface area contributed by atoms with Crippen molar-refractivity contribution in [1.29, 1.82) is 0 Å². The number of thiophene rings is 1. The monoisotopic (exact) mass is 607 g/mol. The normalized spacial score (nSPS) is 13.6. The Balaban J connectivity index is 1.17. The highest BCUT2D eigenvalue weighted by Crippen LogP contribution is 2.51. The molecule has 0 aliphatic heterocycles. The van der Waals surface area contributed by atoms with Gasteiger partial charge < -0.3 is 9.32 Å². The van der Waals surface area contributed by atoms with Crippen LogP contribution in [0.3, 0.4) is 0 Å². The van der Waals surface area contributed by atoms with Gasteiger partial charge in [0.25, 0.3) is 0 Å². The molecule has 1 aliphatic rings. The fraction of sp³-hybridized carbons (Fsp3) is 0.0698. The third-order valence-electron chi connectivity index (χ3n) is 10.0. The molecule has 0 amide bonds. The second kappa shape index (κ2) is 9.32. The molecular formula is C43H29NOS. The lowest BCUT2D eigenvalue weighted by Gasteiger charge is -2.28. The number of furan rings is 1. The molecule has 0 bridgehead atoms. The highest BCUT2D eigenvalue weighted by molar-refractivity contribution is 7.27. The first-order chi connectivity index (χ1) is 22.6. The van der Waals surface area contributed by atoms with Gasteiger partial charge in [-0.15, -0.1) is 11.3 Å². The van der Waals surface area contributed by atoms with Crippen molar-refractivity contribution in [2.75, 3.05) is 4.90 Å². The van der Waals surface area contributed by atoms with Crippen molar-refractivity contribution >= 4 is 81.3 Å². The maximum Gasteiger partial charge on any atom is 0.137 e. The maximum atomic E-state index is 6.64. The summed E-state index contributed by atoms with van der Waals surface area (Å²) >= 11 is 1.87. The van der Waals surface area contributed by atoms with Crippen molar-refractivity contribution in [3.05, 3.63) is 151 Å². The number of nitrogens with zero attached hydrogens (tertiary/aromatic N) is 1. The Hall–Kier alpha value is -5.38. The predicted octanol–water partition coefficient (Wildman–Crippen LogP) is 12.9. The fourth-order valence-corrected chi connectivity index (χ4v) is 9.12. The fourth-order valence-electron chi connectivity index (χ4n) is 7.85. The van der Waals surface area contributed by atoms with Gasteiger partial charge in [-0.2, -0.15) is 0 Å². The number of hydrogen-bond donors (Lipinski definition) is 0. The molecule has 0 saturated carbocycles. The summed E-state index contributed by atoms with van der Waals surface area (Å²) in [4.78, 5) is 2.35. The number of rotatable bonds is 3. The van der Waals surface area contributed by atoms with Gasteiger partial charge in [-0.3, -0.25) is 0 Å².